The Morgan fingerprint density at radius 3 is 1.48 bits per heavy atom. The molecule has 42 heavy (non-hydrogen) atoms. The van der Waals surface area contributed by atoms with Crippen molar-refractivity contribution >= 4 is 17.9 Å². The first-order chi connectivity index (χ1) is 19.7. The number of aliphatic hydroxyl groups is 4. The second-order valence-corrected chi connectivity index (χ2v) is 10.3. The van der Waals surface area contributed by atoms with E-state index in [0.29, 0.717) is 6.42 Å². The zero-order valence-corrected chi connectivity index (χ0v) is 22.5. The topological polar surface area (TPSA) is 326 Å². The number of aliphatic hydroxyl groups excluding tert-OH is 4. The second kappa shape index (κ2) is 14.6. The van der Waals surface area contributed by atoms with E-state index < -0.39 is 110 Å². The van der Waals surface area contributed by atoms with Crippen LogP contribution in [0.4, 0.5) is 0 Å². The van der Waals surface area contributed by atoms with Crippen molar-refractivity contribution in [1.82, 2.24) is 0 Å². The average Bonchev–Trinajstić information content (AvgIpc) is 2.93. The van der Waals surface area contributed by atoms with E-state index in [2.05, 4.69) is 0 Å². The first-order valence-corrected chi connectivity index (χ1v) is 13.3. The van der Waals surface area contributed by atoms with Gasteiger partial charge in [0.1, 0.15) is 36.6 Å². The molecule has 0 aromatic carbocycles. The fourth-order valence-electron chi connectivity index (χ4n) is 4.79. The summed E-state index contributed by atoms with van der Waals surface area (Å²) in [7, 11) is 0. The van der Waals surface area contributed by atoms with Crippen LogP contribution in [0.1, 0.15) is 26.2 Å². The van der Waals surface area contributed by atoms with Crippen LogP contribution in [-0.2, 0) is 42.8 Å². The maximum absolute atomic E-state index is 12.1. The lowest BCUT2D eigenvalue weighted by molar-refractivity contribution is -0.340. The molecule has 242 valence electrons. The Labute approximate surface area is 238 Å². The highest BCUT2D eigenvalue weighted by molar-refractivity contribution is 5.74. The molecule has 0 amide bonds. The number of nitrogens with two attached hydrogens (primary N) is 3. The van der Waals surface area contributed by atoms with Crippen LogP contribution in [0.3, 0.4) is 0 Å². The number of hydrogen-bond acceptors (Lipinski definition) is 16. The zero-order valence-electron chi connectivity index (χ0n) is 22.5. The van der Waals surface area contributed by atoms with E-state index >= 15 is 0 Å². The Hall–Kier alpha value is -2.11. The lowest BCUT2D eigenvalue weighted by atomic mass is 9.94. The molecular weight excluding hydrogens is 574 g/mol. The SMILES string of the molecule is CCCCCO[C@H]1O[C@H](C(=O)O)[C@H](O[C@H]2O[C@H](C(=O)O)[C@H](O[C@H]3O[C@H](C(=O)O)[C@H](O)[C@H](O)[C@H]3N)[C@H](O)[C@H]2N)[C@H](O)[C@H]1N. The van der Waals surface area contributed by atoms with Gasteiger partial charge in [-0.25, -0.2) is 14.4 Å². The molecule has 0 bridgehead atoms. The van der Waals surface area contributed by atoms with Crippen LogP contribution in [0.5, 0.6) is 0 Å². The van der Waals surface area contributed by atoms with Gasteiger partial charge >= 0.3 is 17.9 Å². The van der Waals surface area contributed by atoms with Crippen molar-refractivity contribution in [1.29, 1.82) is 0 Å². The molecule has 19 nitrogen and oxygen atoms in total. The molecule has 3 saturated heterocycles. The summed E-state index contributed by atoms with van der Waals surface area (Å²) < 4.78 is 32.4. The summed E-state index contributed by atoms with van der Waals surface area (Å²) >= 11 is 0. The highest BCUT2D eigenvalue weighted by Gasteiger charge is 2.55. The number of carboxylic acids is 3. The minimum absolute atomic E-state index is 0.179. The second-order valence-electron chi connectivity index (χ2n) is 10.3. The molecule has 15 atom stereocenters. The molecule has 0 spiro atoms. The number of hydrogen-bond donors (Lipinski definition) is 10. The predicted molar refractivity (Wildman–Crippen MR) is 132 cm³/mol. The third-order valence-electron chi connectivity index (χ3n) is 7.24. The molecule has 0 saturated carbocycles. The number of carbonyl (C=O) groups is 3. The molecule has 3 rings (SSSR count). The molecule has 19 heteroatoms. The van der Waals surface area contributed by atoms with Crippen molar-refractivity contribution in [3.8, 4) is 0 Å². The first kappa shape index (κ1) is 34.4. The lowest BCUT2D eigenvalue weighted by Crippen LogP contribution is -2.70. The van der Waals surface area contributed by atoms with E-state index in [-0.39, 0.29) is 6.61 Å². The maximum atomic E-state index is 12.1. The highest BCUT2D eigenvalue weighted by Crippen LogP contribution is 2.32. The van der Waals surface area contributed by atoms with Crippen LogP contribution in [0.15, 0.2) is 0 Å². The van der Waals surface area contributed by atoms with Gasteiger partial charge in [-0.2, -0.15) is 0 Å². The standard InChI is InChI=1S/C23H39N3O16/c1-2-3-4-5-37-21-7(25)10(28)13(16(41-21)19(33)34)39-23-8(26)11(29)14(17(42-23)20(35)36)38-22-6(24)9(27)12(30)15(40-22)18(31)32/h6-17,21-23,27-30H,2-5,24-26H2,1H3,(H,31,32)(H,33,34)(H,35,36)/t6-,7-,8-,9-,10-,11-,12-,13-,14-,15+,16+,17+,21+,22+,23+/m1/s1. The fraction of sp³-hybridized carbons (Fsp3) is 0.870. The van der Waals surface area contributed by atoms with Crippen molar-refractivity contribution in [2.75, 3.05) is 6.61 Å². The Kier molecular flexibility index (Phi) is 11.9. The smallest absolute Gasteiger partial charge is 0.335 e. The van der Waals surface area contributed by atoms with E-state index in [0.717, 1.165) is 12.8 Å². The number of rotatable bonds is 12. The molecule has 0 aromatic heterocycles. The van der Waals surface area contributed by atoms with Gasteiger partial charge in [0.15, 0.2) is 37.2 Å². The molecule has 0 unspecified atom stereocenters. The summed E-state index contributed by atoms with van der Waals surface area (Å²) in [5, 5.41) is 70.5. The average molecular weight is 614 g/mol. The highest BCUT2D eigenvalue weighted by atomic mass is 16.8. The minimum Gasteiger partial charge on any atom is -0.479 e. The molecule has 0 radical (unpaired) electrons. The van der Waals surface area contributed by atoms with Crippen LogP contribution in [0, 0.1) is 0 Å². The summed E-state index contributed by atoms with van der Waals surface area (Å²) in [6, 6.07) is -4.54. The Morgan fingerprint density at radius 1 is 0.619 bits per heavy atom. The van der Waals surface area contributed by atoms with Gasteiger partial charge in [0.2, 0.25) is 0 Å². The molecule has 3 heterocycles. The quantitative estimate of drug-likeness (QED) is 0.0919. The third-order valence-corrected chi connectivity index (χ3v) is 7.24. The van der Waals surface area contributed by atoms with Gasteiger partial charge in [-0.05, 0) is 6.42 Å². The van der Waals surface area contributed by atoms with Crippen molar-refractivity contribution in [2.24, 2.45) is 17.2 Å². The van der Waals surface area contributed by atoms with E-state index in [1.165, 1.54) is 0 Å². The van der Waals surface area contributed by atoms with Gasteiger partial charge < -0.3 is 81.4 Å². The number of ether oxygens (including phenoxy) is 6. The number of aliphatic carboxylic acids is 3. The summed E-state index contributed by atoms with van der Waals surface area (Å²) in [4.78, 5) is 35.5. The van der Waals surface area contributed by atoms with Gasteiger partial charge in [-0.1, -0.05) is 19.8 Å². The lowest BCUT2D eigenvalue weighted by Gasteiger charge is -2.47. The van der Waals surface area contributed by atoms with Crippen LogP contribution in [0.25, 0.3) is 0 Å². The van der Waals surface area contributed by atoms with Crippen LogP contribution >= 0.6 is 0 Å². The third kappa shape index (κ3) is 7.33. The Morgan fingerprint density at radius 2 is 1.02 bits per heavy atom. The predicted octanol–water partition coefficient (Wildman–Crippen LogP) is -5.18. The van der Waals surface area contributed by atoms with Crippen molar-refractivity contribution in [2.45, 2.75) is 118 Å². The van der Waals surface area contributed by atoms with Crippen LogP contribution in [0.2, 0.25) is 0 Å². The molecule has 13 N–H and O–H groups in total. The van der Waals surface area contributed by atoms with Crippen LogP contribution < -0.4 is 17.2 Å². The largest absolute Gasteiger partial charge is 0.479 e. The van der Waals surface area contributed by atoms with Gasteiger partial charge in [-0.15, -0.1) is 0 Å². The van der Waals surface area contributed by atoms with Gasteiger partial charge in [0.25, 0.3) is 0 Å². The molecular formula is C23H39N3O16. The molecule has 0 aliphatic carbocycles. The molecule has 0 aromatic rings. The first-order valence-electron chi connectivity index (χ1n) is 13.3. The van der Waals surface area contributed by atoms with Gasteiger partial charge in [0, 0.05) is 6.61 Å². The van der Waals surface area contributed by atoms with E-state index in [9.17, 15) is 50.1 Å². The molecule has 3 aliphatic rings. The van der Waals surface area contributed by atoms with Crippen molar-refractivity contribution in [3.63, 3.8) is 0 Å². The normalized spacial score (nSPS) is 44.4. The summed E-state index contributed by atoms with van der Waals surface area (Å²) in [5.74, 6) is -4.99. The van der Waals surface area contributed by atoms with Gasteiger partial charge in [0.05, 0.1) is 18.1 Å². The summed E-state index contributed by atoms with van der Waals surface area (Å²) in [5.41, 5.74) is 17.8. The minimum atomic E-state index is -2.10. The monoisotopic (exact) mass is 613 g/mol. The number of unbranched alkanes of at least 4 members (excludes halogenated alkanes) is 2. The molecule has 3 fully saturated rings. The Balaban J connectivity index is 1.76. The van der Waals surface area contributed by atoms with Gasteiger partial charge in [-0.3, -0.25) is 0 Å². The van der Waals surface area contributed by atoms with Crippen molar-refractivity contribution in [3.05, 3.63) is 0 Å². The fourth-order valence-corrected chi connectivity index (χ4v) is 4.79. The Bertz CT molecular complexity index is 945. The summed E-state index contributed by atoms with van der Waals surface area (Å²) in [6.45, 7) is 2.15. The zero-order chi connectivity index (χ0) is 31.5. The summed E-state index contributed by atoms with van der Waals surface area (Å²) in [6.07, 6.45) is -19.8. The maximum Gasteiger partial charge on any atom is 0.335 e. The molecule has 3 aliphatic heterocycles. The van der Waals surface area contributed by atoms with Crippen LogP contribution in [-0.4, -0.2) is 152 Å². The number of carboxylic acid groups (broad SMARTS) is 3. The van der Waals surface area contributed by atoms with E-state index in [4.69, 9.17) is 45.6 Å². The van der Waals surface area contributed by atoms with E-state index in [1.54, 1.807) is 0 Å². The van der Waals surface area contributed by atoms with E-state index in [1.807, 2.05) is 6.92 Å². The van der Waals surface area contributed by atoms with Crippen molar-refractivity contribution < 1.29 is 78.6 Å².